The maximum absolute atomic E-state index is 13.9. The zero-order valence-corrected chi connectivity index (χ0v) is 11.8. The minimum Gasteiger partial charge on any atom is -0.271 e. The van der Waals surface area contributed by atoms with Crippen LogP contribution in [-0.4, -0.2) is 6.26 Å². The third kappa shape index (κ3) is 3.15. The summed E-state index contributed by atoms with van der Waals surface area (Å²) in [5.41, 5.74) is 5.22. The first-order valence-corrected chi connectivity index (χ1v) is 7.24. The number of aryl methyl sites for hydroxylation is 1. The molecule has 4 heteroatoms. The molecule has 2 aromatic carbocycles. The van der Waals surface area contributed by atoms with Gasteiger partial charge in [-0.2, -0.15) is 0 Å². The van der Waals surface area contributed by atoms with Gasteiger partial charge in [-0.3, -0.25) is 5.84 Å². The first-order valence-electron chi connectivity index (χ1n) is 6.02. The molecule has 2 rings (SSSR count). The minimum atomic E-state index is -0.337. The van der Waals surface area contributed by atoms with Crippen LogP contribution in [0.3, 0.4) is 0 Å². The van der Waals surface area contributed by atoms with E-state index in [0.717, 1.165) is 11.1 Å². The van der Waals surface area contributed by atoms with Gasteiger partial charge in [-0.05, 0) is 36.9 Å². The zero-order valence-electron chi connectivity index (χ0n) is 11.0. The lowest BCUT2D eigenvalue weighted by atomic mass is 9.97. The first kappa shape index (κ1) is 14.1. The third-order valence-electron chi connectivity index (χ3n) is 3.08. The Morgan fingerprint density at radius 2 is 1.84 bits per heavy atom. The van der Waals surface area contributed by atoms with Crippen molar-refractivity contribution in [3.05, 3.63) is 65.0 Å². The van der Waals surface area contributed by atoms with Crippen molar-refractivity contribution in [2.24, 2.45) is 5.84 Å². The van der Waals surface area contributed by atoms with Crippen molar-refractivity contribution < 1.29 is 4.39 Å². The quantitative estimate of drug-likeness (QED) is 0.510. The normalized spacial score (nSPS) is 12.4. The minimum absolute atomic E-state index is 0.248. The van der Waals surface area contributed by atoms with Gasteiger partial charge >= 0.3 is 0 Å². The van der Waals surface area contributed by atoms with Gasteiger partial charge in [-0.1, -0.05) is 29.8 Å². The van der Waals surface area contributed by atoms with Crippen molar-refractivity contribution in [1.82, 2.24) is 5.43 Å². The number of hydrogen-bond acceptors (Lipinski definition) is 3. The van der Waals surface area contributed by atoms with Gasteiger partial charge in [-0.15, -0.1) is 11.8 Å². The van der Waals surface area contributed by atoms with Gasteiger partial charge in [0.25, 0.3) is 0 Å². The number of nitrogens with two attached hydrogens (primary N) is 1. The molecule has 0 saturated heterocycles. The molecule has 0 aliphatic rings. The molecule has 2 nitrogen and oxygen atoms in total. The molecule has 0 amide bonds. The van der Waals surface area contributed by atoms with E-state index in [1.165, 1.54) is 11.0 Å². The van der Waals surface area contributed by atoms with Gasteiger partial charge in [0.05, 0.1) is 6.04 Å². The molecule has 0 saturated carbocycles. The Labute approximate surface area is 117 Å². The number of hydrogen-bond donors (Lipinski definition) is 2. The Bertz CT molecular complexity index is 555. The van der Waals surface area contributed by atoms with Crippen LogP contribution in [0.1, 0.15) is 22.7 Å². The van der Waals surface area contributed by atoms with Crippen LogP contribution in [0.25, 0.3) is 0 Å². The van der Waals surface area contributed by atoms with Gasteiger partial charge in [0.2, 0.25) is 0 Å². The molecule has 3 N–H and O–H groups in total. The second-order valence-electron chi connectivity index (χ2n) is 4.40. The van der Waals surface area contributed by atoms with Gasteiger partial charge in [0, 0.05) is 10.5 Å². The largest absolute Gasteiger partial charge is 0.271 e. The fraction of sp³-hybridized carbons (Fsp3) is 0.200. The fourth-order valence-electron chi connectivity index (χ4n) is 2.05. The maximum Gasteiger partial charge on any atom is 0.128 e. The standard InChI is InChI=1S/C15H17FN2S/c1-10-3-8-14(16)13(9-10)15(18-17)11-4-6-12(19-2)7-5-11/h3-9,15,18H,17H2,1-2H3. The van der Waals surface area contributed by atoms with Gasteiger partial charge in [0.15, 0.2) is 0 Å². The number of rotatable bonds is 4. The summed E-state index contributed by atoms with van der Waals surface area (Å²) in [4.78, 5) is 1.17. The van der Waals surface area contributed by atoms with Gasteiger partial charge < -0.3 is 0 Å². The van der Waals surface area contributed by atoms with Crippen LogP contribution in [0.15, 0.2) is 47.4 Å². The summed E-state index contributed by atoms with van der Waals surface area (Å²) >= 11 is 1.67. The lowest BCUT2D eigenvalue weighted by Crippen LogP contribution is -2.29. The third-order valence-corrected chi connectivity index (χ3v) is 3.82. The Kier molecular flexibility index (Phi) is 4.58. The topological polar surface area (TPSA) is 38.0 Å². The van der Waals surface area contributed by atoms with Gasteiger partial charge in [-0.25, -0.2) is 9.82 Å². The van der Waals surface area contributed by atoms with Crippen LogP contribution in [0, 0.1) is 12.7 Å². The Hall–Kier alpha value is -1.36. The number of hydrazine groups is 1. The second kappa shape index (κ2) is 6.19. The zero-order chi connectivity index (χ0) is 13.8. The Morgan fingerprint density at radius 3 is 2.42 bits per heavy atom. The highest BCUT2D eigenvalue weighted by Gasteiger charge is 2.16. The molecule has 0 bridgehead atoms. The number of halogens is 1. The highest BCUT2D eigenvalue weighted by Crippen LogP contribution is 2.26. The first-order chi connectivity index (χ1) is 9.15. The molecule has 0 radical (unpaired) electrons. The molecule has 0 spiro atoms. The van der Waals surface area contributed by atoms with Crippen LogP contribution >= 0.6 is 11.8 Å². The maximum atomic E-state index is 13.9. The molecular weight excluding hydrogens is 259 g/mol. The van der Waals surface area contributed by atoms with E-state index in [9.17, 15) is 4.39 Å². The predicted octanol–water partition coefficient (Wildman–Crippen LogP) is 3.41. The number of benzene rings is 2. The molecule has 0 aliphatic heterocycles. The van der Waals surface area contributed by atoms with Crippen LogP contribution < -0.4 is 11.3 Å². The SMILES string of the molecule is CSc1ccc(C(NN)c2cc(C)ccc2F)cc1. The molecule has 0 aliphatic carbocycles. The molecule has 1 unspecified atom stereocenters. The van der Waals surface area contributed by atoms with Crippen molar-refractivity contribution in [2.45, 2.75) is 17.9 Å². The average molecular weight is 276 g/mol. The van der Waals surface area contributed by atoms with Crippen molar-refractivity contribution in [1.29, 1.82) is 0 Å². The van der Waals surface area contributed by atoms with Crippen molar-refractivity contribution >= 4 is 11.8 Å². The predicted molar refractivity (Wildman–Crippen MR) is 78.5 cm³/mol. The van der Waals surface area contributed by atoms with Crippen LogP contribution in [-0.2, 0) is 0 Å². The van der Waals surface area contributed by atoms with Crippen molar-refractivity contribution in [3.63, 3.8) is 0 Å². The number of thioether (sulfide) groups is 1. The monoisotopic (exact) mass is 276 g/mol. The molecule has 19 heavy (non-hydrogen) atoms. The van der Waals surface area contributed by atoms with Crippen LogP contribution in [0.2, 0.25) is 0 Å². The summed E-state index contributed by atoms with van der Waals surface area (Å²) < 4.78 is 13.9. The summed E-state index contributed by atoms with van der Waals surface area (Å²) in [6.45, 7) is 1.94. The van der Waals surface area contributed by atoms with E-state index in [0.29, 0.717) is 5.56 Å². The average Bonchev–Trinajstić information content (AvgIpc) is 2.44. The second-order valence-corrected chi connectivity index (χ2v) is 5.28. The molecule has 0 fully saturated rings. The summed E-state index contributed by atoms with van der Waals surface area (Å²) in [6.07, 6.45) is 2.02. The summed E-state index contributed by atoms with van der Waals surface area (Å²) in [5, 5.41) is 0. The van der Waals surface area contributed by atoms with Gasteiger partial charge in [0.1, 0.15) is 5.82 Å². The summed E-state index contributed by atoms with van der Waals surface area (Å²) in [6, 6.07) is 12.7. The van der Waals surface area contributed by atoms with Crippen LogP contribution in [0.5, 0.6) is 0 Å². The smallest absolute Gasteiger partial charge is 0.128 e. The lowest BCUT2D eigenvalue weighted by molar-refractivity contribution is 0.559. The van der Waals surface area contributed by atoms with E-state index in [4.69, 9.17) is 5.84 Å². The van der Waals surface area contributed by atoms with E-state index in [1.807, 2.05) is 43.5 Å². The van der Waals surface area contributed by atoms with Crippen molar-refractivity contribution in [3.8, 4) is 0 Å². The number of nitrogens with one attached hydrogen (secondary N) is 1. The fourth-order valence-corrected chi connectivity index (χ4v) is 2.45. The molecule has 1 atom stereocenters. The van der Waals surface area contributed by atoms with Crippen LogP contribution in [0.4, 0.5) is 4.39 Å². The van der Waals surface area contributed by atoms with E-state index in [-0.39, 0.29) is 11.9 Å². The highest BCUT2D eigenvalue weighted by molar-refractivity contribution is 7.98. The molecular formula is C15H17FN2S. The highest BCUT2D eigenvalue weighted by atomic mass is 32.2. The molecule has 2 aromatic rings. The molecule has 0 heterocycles. The molecule has 100 valence electrons. The lowest BCUT2D eigenvalue weighted by Gasteiger charge is -2.18. The summed E-state index contributed by atoms with van der Waals surface area (Å²) in [7, 11) is 0. The van der Waals surface area contributed by atoms with E-state index in [1.54, 1.807) is 17.8 Å². The van der Waals surface area contributed by atoms with E-state index >= 15 is 0 Å². The Morgan fingerprint density at radius 1 is 1.16 bits per heavy atom. The van der Waals surface area contributed by atoms with E-state index < -0.39 is 0 Å². The van der Waals surface area contributed by atoms with Crippen molar-refractivity contribution in [2.75, 3.05) is 6.26 Å². The summed E-state index contributed by atoms with van der Waals surface area (Å²) in [5.74, 6) is 5.36. The Balaban J connectivity index is 2.40. The molecule has 0 aromatic heterocycles. The van der Waals surface area contributed by atoms with E-state index in [2.05, 4.69) is 5.43 Å².